The summed E-state index contributed by atoms with van der Waals surface area (Å²) in [5.41, 5.74) is 6.69. The first-order valence-electron chi connectivity index (χ1n) is 6.03. The fourth-order valence-corrected chi connectivity index (χ4v) is 3.20. The minimum atomic E-state index is -0.00981. The molecule has 0 spiro atoms. The van der Waals surface area contributed by atoms with Crippen molar-refractivity contribution in [2.24, 2.45) is 0 Å². The fourth-order valence-electron chi connectivity index (χ4n) is 2.12. The topological polar surface area (TPSA) is 72.1 Å². The molecule has 98 valence electrons. The van der Waals surface area contributed by atoms with E-state index in [1.165, 1.54) is 6.20 Å². The van der Waals surface area contributed by atoms with Crippen molar-refractivity contribution < 1.29 is 4.79 Å². The highest BCUT2D eigenvalue weighted by Crippen LogP contribution is 2.22. The van der Waals surface area contributed by atoms with E-state index in [4.69, 9.17) is 5.73 Å². The Labute approximate surface area is 111 Å². The highest BCUT2D eigenvalue weighted by Gasteiger charge is 2.24. The molecule has 2 rings (SSSR count). The molecule has 1 amide bonds. The van der Waals surface area contributed by atoms with E-state index in [1.54, 1.807) is 6.92 Å². The number of nitrogens with zero attached hydrogens (tertiary/aromatic N) is 3. The molecule has 0 unspecified atom stereocenters. The number of nitrogens with two attached hydrogens (primary N) is 1. The molecule has 0 radical (unpaired) electrons. The van der Waals surface area contributed by atoms with Gasteiger partial charge in [0.15, 0.2) is 0 Å². The third-order valence-corrected chi connectivity index (χ3v) is 4.34. The van der Waals surface area contributed by atoms with Gasteiger partial charge in [-0.3, -0.25) is 4.79 Å². The zero-order valence-corrected chi connectivity index (χ0v) is 11.5. The van der Waals surface area contributed by atoms with Crippen LogP contribution in [-0.2, 0) is 0 Å². The SMILES string of the molecule is Cc1nc(N)ncc1C(=O)N(C)C1CCSCC1. The maximum Gasteiger partial charge on any atom is 0.257 e. The molecular weight excluding hydrogens is 248 g/mol. The van der Waals surface area contributed by atoms with Crippen LogP contribution in [-0.4, -0.2) is 45.4 Å². The third-order valence-electron chi connectivity index (χ3n) is 3.29. The van der Waals surface area contributed by atoms with Crippen LogP contribution in [0.15, 0.2) is 6.20 Å². The van der Waals surface area contributed by atoms with Crippen LogP contribution in [0.3, 0.4) is 0 Å². The number of aromatic nitrogens is 2. The van der Waals surface area contributed by atoms with E-state index in [-0.39, 0.29) is 11.9 Å². The van der Waals surface area contributed by atoms with E-state index < -0.39 is 0 Å². The molecule has 1 aliphatic heterocycles. The molecule has 1 aliphatic rings. The van der Waals surface area contributed by atoms with E-state index in [9.17, 15) is 4.79 Å². The first kappa shape index (κ1) is 13.1. The lowest BCUT2D eigenvalue weighted by atomic mass is 10.1. The Bertz CT molecular complexity index is 446. The molecule has 0 saturated carbocycles. The number of rotatable bonds is 2. The summed E-state index contributed by atoms with van der Waals surface area (Å²) in [5.74, 6) is 2.45. The number of thioether (sulfide) groups is 1. The van der Waals surface area contributed by atoms with Gasteiger partial charge in [0, 0.05) is 19.3 Å². The Balaban J connectivity index is 2.14. The lowest BCUT2D eigenvalue weighted by Crippen LogP contribution is -2.39. The summed E-state index contributed by atoms with van der Waals surface area (Å²) >= 11 is 1.95. The van der Waals surface area contributed by atoms with Gasteiger partial charge in [-0.25, -0.2) is 9.97 Å². The van der Waals surface area contributed by atoms with E-state index in [0.717, 1.165) is 24.3 Å². The van der Waals surface area contributed by atoms with E-state index >= 15 is 0 Å². The minimum Gasteiger partial charge on any atom is -0.368 e. The van der Waals surface area contributed by atoms with Crippen LogP contribution in [0.2, 0.25) is 0 Å². The monoisotopic (exact) mass is 266 g/mol. The van der Waals surface area contributed by atoms with Crippen LogP contribution in [0.4, 0.5) is 5.95 Å². The number of carbonyl (C=O) groups excluding carboxylic acids is 1. The fraction of sp³-hybridized carbons (Fsp3) is 0.583. The summed E-state index contributed by atoms with van der Waals surface area (Å²) in [6.07, 6.45) is 3.64. The van der Waals surface area contributed by atoms with Crippen LogP contribution in [0.5, 0.6) is 0 Å². The Morgan fingerprint density at radius 3 is 2.78 bits per heavy atom. The van der Waals surface area contributed by atoms with E-state index in [1.807, 2.05) is 23.7 Å². The lowest BCUT2D eigenvalue weighted by molar-refractivity contribution is 0.0722. The van der Waals surface area contributed by atoms with Gasteiger partial charge in [-0.15, -0.1) is 0 Å². The van der Waals surface area contributed by atoms with Gasteiger partial charge in [-0.05, 0) is 31.3 Å². The third kappa shape index (κ3) is 2.75. The molecule has 0 atom stereocenters. The maximum absolute atomic E-state index is 12.4. The highest BCUT2D eigenvalue weighted by atomic mass is 32.2. The molecule has 1 fully saturated rings. The molecule has 5 nitrogen and oxygen atoms in total. The summed E-state index contributed by atoms with van der Waals surface area (Å²) in [6.45, 7) is 1.79. The number of anilines is 1. The van der Waals surface area contributed by atoms with Gasteiger partial charge < -0.3 is 10.6 Å². The molecular formula is C12H18N4OS. The van der Waals surface area contributed by atoms with E-state index in [2.05, 4.69) is 9.97 Å². The quantitative estimate of drug-likeness (QED) is 0.874. The second kappa shape index (κ2) is 5.56. The number of hydrogen-bond acceptors (Lipinski definition) is 5. The predicted molar refractivity (Wildman–Crippen MR) is 73.6 cm³/mol. The first-order valence-corrected chi connectivity index (χ1v) is 7.19. The van der Waals surface area contributed by atoms with Gasteiger partial charge in [0.2, 0.25) is 5.95 Å². The van der Waals surface area contributed by atoms with Gasteiger partial charge >= 0.3 is 0 Å². The van der Waals surface area contributed by atoms with Crippen molar-refractivity contribution in [2.75, 3.05) is 24.3 Å². The van der Waals surface area contributed by atoms with Crippen molar-refractivity contribution in [3.05, 3.63) is 17.5 Å². The minimum absolute atomic E-state index is 0.00981. The molecule has 0 aliphatic carbocycles. The van der Waals surface area contributed by atoms with Crippen molar-refractivity contribution in [2.45, 2.75) is 25.8 Å². The summed E-state index contributed by atoms with van der Waals surface area (Å²) in [7, 11) is 1.86. The molecule has 2 heterocycles. The van der Waals surface area contributed by atoms with E-state index in [0.29, 0.717) is 17.3 Å². The summed E-state index contributed by atoms with van der Waals surface area (Å²) in [4.78, 5) is 22.1. The Hall–Kier alpha value is -1.30. The second-order valence-corrected chi connectivity index (χ2v) is 5.71. The standard InChI is InChI=1S/C12H18N4OS/c1-8-10(7-14-12(13)15-8)11(17)16(2)9-3-5-18-6-4-9/h7,9H,3-6H2,1-2H3,(H2,13,14,15). The first-order chi connectivity index (χ1) is 8.59. The molecule has 1 saturated heterocycles. The Morgan fingerprint density at radius 2 is 2.17 bits per heavy atom. The average molecular weight is 266 g/mol. The van der Waals surface area contributed by atoms with Crippen LogP contribution < -0.4 is 5.73 Å². The maximum atomic E-state index is 12.4. The molecule has 2 N–H and O–H groups in total. The molecule has 1 aromatic rings. The summed E-state index contributed by atoms with van der Waals surface area (Å²) in [6, 6.07) is 0.329. The van der Waals surface area contributed by atoms with Gasteiger partial charge in [-0.1, -0.05) is 0 Å². The van der Waals surface area contributed by atoms with Gasteiger partial charge in [-0.2, -0.15) is 11.8 Å². The number of nitrogen functional groups attached to an aromatic ring is 1. The summed E-state index contributed by atoms with van der Waals surface area (Å²) in [5, 5.41) is 0. The van der Waals surface area contributed by atoms with Crippen LogP contribution in [0.25, 0.3) is 0 Å². The number of amides is 1. The predicted octanol–water partition coefficient (Wildman–Crippen LogP) is 1.33. The normalized spacial score (nSPS) is 16.6. The number of hydrogen-bond donors (Lipinski definition) is 1. The molecule has 18 heavy (non-hydrogen) atoms. The molecule has 6 heteroatoms. The van der Waals surface area contributed by atoms with Crippen molar-refractivity contribution in [3.8, 4) is 0 Å². The molecule has 0 bridgehead atoms. The second-order valence-electron chi connectivity index (χ2n) is 4.49. The zero-order valence-electron chi connectivity index (χ0n) is 10.7. The smallest absolute Gasteiger partial charge is 0.257 e. The highest BCUT2D eigenvalue weighted by molar-refractivity contribution is 7.99. The zero-order chi connectivity index (χ0) is 13.1. The van der Waals surface area contributed by atoms with Crippen LogP contribution in [0.1, 0.15) is 28.9 Å². The van der Waals surface area contributed by atoms with Gasteiger partial charge in [0.25, 0.3) is 5.91 Å². The Morgan fingerprint density at radius 1 is 1.50 bits per heavy atom. The number of aryl methyl sites for hydroxylation is 1. The van der Waals surface area contributed by atoms with Crippen molar-refractivity contribution in [1.82, 2.24) is 14.9 Å². The van der Waals surface area contributed by atoms with Crippen molar-refractivity contribution in [3.63, 3.8) is 0 Å². The molecule has 1 aromatic heterocycles. The Kier molecular flexibility index (Phi) is 4.06. The largest absolute Gasteiger partial charge is 0.368 e. The van der Waals surface area contributed by atoms with Crippen molar-refractivity contribution >= 4 is 23.6 Å². The van der Waals surface area contributed by atoms with Gasteiger partial charge in [0.05, 0.1) is 11.3 Å². The summed E-state index contributed by atoms with van der Waals surface area (Å²) < 4.78 is 0. The van der Waals surface area contributed by atoms with Gasteiger partial charge in [0.1, 0.15) is 0 Å². The van der Waals surface area contributed by atoms with Crippen molar-refractivity contribution in [1.29, 1.82) is 0 Å². The number of carbonyl (C=O) groups is 1. The average Bonchev–Trinajstić information content (AvgIpc) is 2.38. The van der Waals surface area contributed by atoms with Crippen LogP contribution in [0, 0.1) is 6.92 Å². The lowest BCUT2D eigenvalue weighted by Gasteiger charge is -2.31. The molecule has 0 aromatic carbocycles. The van der Waals surface area contributed by atoms with Crippen LogP contribution >= 0.6 is 11.8 Å².